The SMILES string of the molecule is C=C(C)C1C[C@@]23CCCN2C(=O)C1(Cc1cn(C(=O)OC(C)(C)C)c2c4c(ccc12)OC(C)(C)C=C4)N(COC)C3=O. The third-order valence-electron chi connectivity index (χ3n) is 9.32. The van der Waals surface area contributed by atoms with E-state index in [-0.39, 0.29) is 30.9 Å². The van der Waals surface area contributed by atoms with Gasteiger partial charge in [0.15, 0.2) is 0 Å². The minimum absolute atomic E-state index is 0.00426. The molecule has 5 aliphatic rings. The molecule has 2 amide bonds. The molecule has 0 aliphatic carbocycles. The molecule has 9 heteroatoms. The molecule has 5 aliphatic heterocycles. The zero-order valence-electron chi connectivity index (χ0n) is 25.7. The zero-order chi connectivity index (χ0) is 30.4. The van der Waals surface area contributed by atoms with Crippen LogP contribution in [-0.4, -0.2) is 74.9 Å². The lowest BCUT2D eigenvalue weighted by atomic mass is 9.60. The van der Waals surface area contributed by atoms with E-state index in [1.165, 1.54) is 4.57 Å². The number of fused-ring (bicyclic) bond motifs is 5. The summed E-state index contributed by atoms with van der Waals surface area (Å²) < 4.78 is 19.2. The zero-order valence-corrected chi connectivity index (χ0v) is 25.7. The van der Waals surface area contributed by atoms with Crippen LogP contribution in [-0.2, 0) is 25.5 Å². The molecule has 2 bridgehead atoms. The fourth-order valence-electron chi connectivity index (χ4n) is 7.64. The summed E-state index contributed by atoms with van der Waals surface area (Å²) in [4.78, 5) is 45.9. The number of methoxy groups -OCH3 is 1. The number of amides is 2. The quantitative estimate of drug-likeness (QED) is 0.450. The van der Waals surface area contributed by atoms with Crippen LogP contribution in [0.2, 0.25) is 0 Å². The molecule has 2 unspecified atom stereocenters. The van der Waals surface area contributed by atoms with Crippen LogP contribution in [0.4, 0.5) is 4.79 Å². The highest BCUT2D eigenvalue weighted by Crippen LogP contribution is 2.56. The number of benzene rings is 1. The van der Waals surface area contributed by atoms with Crippen molar-refractivity contribution in [1.29, 1.82) is 0 Å². The van der Waals surface area contributed by atoms with Gasteiger partial charge in [-0.2, -0.15) is 0 Å². The molecule has 4 saturated heterocycles. The molecule has 9 nitrogen and oxygen atoms in total. The Kier molecular flexibility index (Phi) is 6.25. The smallest absolute Gasteiger partial charge is 0.419 e. The van der Waals surface area contributed by atoms with Crippen molar-refractivity contribution in [3.63, 3.8) is 0 Å². The minimum Gasteiger partial charge on any atom is -0.483 e. The highest BCUT2D eigenvalue weighted by Gasteiger charge is 2.72. The third-order valence-corrected chi connectivity index (χ3v) is 9.32. The summed E-state index contributed by atoms with van der Waals surface area (Å²) in [6.45, 7) is 16.2. The Balaban J connectivity index is 1.57. The lowest BCUT2D eigenvalue weighted by Crippen LogP contribution is -2.83. The van der Waals surface area contributed by atoms with Crippen molar-refractivity contribution < 1.29 is 28.6 Å². The van der Waals surface area contributed by atoms with Crippen LogP contribution in [0.5, 0.6) is 5.75 Å². The monoisotopic (exact) mass is 575 g/mol. The number of nitrogens with zero attached hydrogens (tertiary/aromatic N) is 3. The molecule has 4 fully saturated rings. The number of hydrogen-bond donors (Lipinski definition) is 0. The number of rotatable bonds is 5. The summed E-state index contributed by atoms with van der Waals surface area (Å²) in [5.41, 5.74) is -0.272. The first kappa shape index (κ1) is 28.5. The number of piperidine rings is 2. The lowest BCUT2D eigenvalue weighted by molar-refractivity contribution is -0.203. The maximum absolute atomic E-state index is 14.6. The van der Waals surface area contributed by atoms with Crippen LogP contribution in [0.3, 0.4) is 0 Å². The molecule has 6 heterocycles. The predicted octanol–water partition coefficient (Wildman–Crippen LogP) is 5.29. The molecule has 0 N–H and O–H groups in total. The van der Waals surface area contributed by atoms with Crippen molar-refractivity contribution in [2.75, 3.05) is 20.4 Å². The van der Waals surface area contributed by atoms with Gasteiger partial charge in [0, 0.05) is 43.1 Å². The summed E-state index contributed by atoms with van der Waals surface area (Å²) in [6.07, 6.45) is 7.35. The van der Waals surface area contributed by atoms with Crippen LogP contribution in [0.15, 0.2) is 36.6 Å². The van der Waals surface area contributed by atoms with Crippen LogP contribution in [0.25, 0.3) is 17.0 Å². The average molecular weight is 576 g/mol. The van der Waals surface area contributed by atoms with Gasteiger partial charge in [-0.3, -0.25) is 14.2 Å². The lowest BCUT2D eigenvalue weighted by Gasteiger charge is -2.63. The number of carbonyl (C=O) groups excluding carboxylic acids is 3. The van der Waals surface area contributed by atoms with Gasteiger partial charge in [-0.1, -0.05) is 12.2 Å². The van der Waals surface area contributed by atoms with Crippen molar-refractivity contribution in [1.82, 2.24) is 14.4 Å². The number of carbonyl (C=O) groups is 3. The van der Waals surface area contributed by atoms with Gasteiger partial charge in [-0.05, 0) is 90.7 Å². The second kappa shape index (κ2) is 9.20. The van der Waals surface area contributed by atoms with Gasteiger partial charge >= 0.3 is 6.09 Å². The molecule has 2 aromatic rings. The Hall–Kier alpha value is -3.59. The topological polar surface area (TPSA) is 90.3 Å². The van der Waals surface area contributed by atoms with E-state index in [4.69, 9.17) is 14.2 Å². The fourth-order valence-corrected chi connectivity index (χ4v) is 7.64. The fraction of sp³-hybridized carbons (Fsp3) is 0.545. The van der Waals surface area contributed by atoms with Crippen LogP contribution < -0.4 is 4.74 Å². The Morgan fingerprint density at radius 2 is 1.93 bits per heavy atom. The van der Waals surface area contributed by atoms with Crippen molar-refractivity contribution >= 4 is 34.9 Å². The first-order valence-corrected chi connectivity index (χ1v) is 14.7. The molecular weight excluding hydrogens is 534 g/mol. The Morgan fingerprint density at radius 3 is 2.60 bits per heavy atom. The minimum atomic E-state index is -1.23. The Labute approximate surface area is 247 Å². The highest BCUT2D eigenvalue weighted by atomic mass is 16.6. The average Bonchev–Trinajstić information content (AvgIpc) is 3.49. The second-order valence-electron chi connectivity index (χ2n) is 13.9. The maximum Gasteiger partial charge on any atom is 0.419 e. The van der Waals surface area contributed by atoms with E-state index in [0.717, 1.165) is 28.5 Å². The van der Waals surface area contributed by atoms with Crippen LogP contribution in [0, 0.1) is 5.92 Å². The van der Waals surface area contributed by atoms with Gasteiger partial charge in [0.1, 0.15) is 34.8 Å². The van der Waals surface area contributed by atoms with Crippen LogP contribution >= 0.6 is 0 Å². The van der Waals surface area contributed by atoms with Gasteiger partial charge in [0.2, 0.25) is 0 Å². The third kappa shape index (κ3) is 3.96. The van der Waals surface area contributed by atoms with Gasteiger partial charge in [0.05, 0.1) is 5.52 Å². The van der Waals surface area contributed by atoms with Gasteiger partial charge < -0.3 is 24.0 Å². The molecule has 0 radical (unpaired) electrons. The molecule has 0 saturated carbocycles. The normalized spacial score (nSPS) is 27.7. The summed E-state index contributed by atoms with van der Waals surface area (Å²) in [7, 11) is 1.54. The van der Waals surface area contributed by atoms with E-state index in [1.54, 1.807) is 18.2 Å². The molecule has 1 aromatic carbocycles. The Bertz CT molecular complexity index is 1560. The molecule has 1 aromatic heterocycles. The van der Waals surface area contributed by atoms with E-state index in [2.05, 4.69) is 6.58 Å². The van der Waals surface area contributed by atoms with Gasteiger partial charge in [-0.15, -0.1) is 0 Å². The van der Waals surface area contributed by atoms with E-state index in [1.807, 2.05) is 70.7 Å². The van der Waals surface area contributed by atoms with Crippen molar-refractivity contribution in [2.45, 2.75) is 89.5 Å². The number of piperazine rings is 1. The van der Waals surface area contributed by atoms with E-state index in [0.29, 0.717) is 30.7 Å². The summed E-state index contributed by atoms with van der Waals surface area (Å²) in [6, 6.07) is 3.84. The molecule has 42 heavy (non-hydrogen) atoms. The van der Waals surface area contributed by atoms with Gasteiger partial charge in [-0.25, -0.2) is 4.79 Å². The number of hydrogen-bond acceptors (Lipinski definition) is 6. The molecule has 224 valence electrons. The van der Waals surface area contributed by atoms with E-state index >= 15 is 0 Å². The van der Waals surface area contributed by atoms with Crippen molar-refractivity contribution in [3.8, 4) is 5.75 Å². The highest BCUT2D eigenvalue weighted by molar-refractivity contribution is 6.06. The van der Waals surface area contributed by atoms with E-state index < -0.39 is 28.4 Å². The van der Waals surface area contributed by atoms with Crippen molar-refractivity contribution in [2.24, 2.45) is 5.92 Å². The first-order chi connectivity index (χ1) is 19.6. The molecule has 3 atom stereocenters. The van der Waals surface area contributed by atoms with E-state index in [9.17, 15) is 14.4 Å². The Morgan fingerprint density at radius 1 is 1.19 bits per heavy atom. The standard InChI is InChI=1S/C33H41N3O6/c1-20(2)24-17-32-13-9-15-35(32)28(38)33(24,36(19-40-8)27(32)37)16-21-18-34(29(39)42-30(3,4)5)26-22(21)10-11-25-23(26)12-14-31(6,7)41-25/h10-12,14,18,24H,1,9,13,15-17,19H2,2-8H3/t24?,32-,33?/m1/s1. The number of ether oxygens (including phenoxy) is 3. The summed E-state index contributed by atoms with van der Waals surface area (Å²) in [5, 5.41) is 0.795. The van der Waals surface area contributed by atoms with Gasteiger partial charge in [0.25, 0.3) is 11.8 Å². The first-order valence-electron chi connectivity index (χ1n) is 14.7. The predicted molar refractivity (Wildman–Crippen MR) is 159 cm³/mol. The largest absolute Gasteiger partial charge is 0.483 e. The summed E-state index contributed by atoms with van der Waals surface area (Å²) in [5.74, 6) is 0.253. The second-order valence-corrected chi connectivity index (χ2v) is 13.9. The summed E-state index contributed by atoms with van der Waals surface area (Å²) >= 11 is 0. The van der Waals surface area contributed by atoms with Crippen molar-refractivity contribution in [3.05, 3.63) is 47.7 Å². The van der Waals surface area contributed by atoms with Crippen LogP contribution in [0.1, 0.15) is 71.9 Å². The molecule has 1 spiro atoms. The molecule has 7 rings (SSSR count). The maximum atomic E-state index is 14.6. The number of aromatic nitrogens is 1. The molecular formula is C33H41N3O6.